The van der Waals surface area contributed by atoms with Crippen molar-refractivity contribution >= 4 is 12.3 Å². The highest BCUT2D eigenvalue weighted by Crippen LogP contribution is 1.90. The summed E-state index contributed by atoms with van der Waals surface area (Å²) in [6.45, 7) is 2.72. The van der Waals surface area contributed by atoms with Gasteiger partial charge in [-0.25, -0.2) is 4.79 Å². The minimum Gasteiger partial charge on any atom is -0.338 e. The minimum absolute atomic E-state index is 0.0421. The van der Waals surface area contributed by atoms with Crippen molar-refractivity contribution < 1.29 is 9.59 Å². The maximum atomic E-state index is 10.8. The van der Waals surface area contributed by atoms with Gasteiger partial charge in [-0.2, -0.15) is 0 Å². The molecule has 1 radical (unpaired) electrons. The molecule has 2 amide bonds. The van der Waals surface area contributed by atoms with Crippen molar-refractivity contribution in [1.82, 2.24) is 10.6 Å². The first-order valence-corrected chi connectivity index (χ1v) is 4.18. The molecule has 4 heteroatoms. The topological polar surface area (TPSA) is 58.2 Å². The van der Waals surface area contributed by atoms with Crippen molar-refractivity contribution in [1.29, 1.82) is 0 Å². The molecule has 12 heavy (non-hydrogen) atoms. The van der Waals surface area contributed by atoms with Crippen LogP contribution >= 0.6 is 0 Å². The SMILES string of the molecule is CCCCCNC(=O)NC[C]=O. The van der Waals surface area contributed by atoms with Crippen LogP contribution in [0.2, 0.25) is 0 Å². The van der Waals surface area contributed by atoms with Gasteiger partial charge in [-0.1, -0.05) is 19.8 Å². The normalized spacial score (nSPS) is 9.08. The Balaban J connectivity index is 3.13. The van der Waals surface area contributed by atoms with Crippen molar-refractivity contribution in [2.24, 2.45) is 0 Å². The van der Waals surface area contributed by atoms with Crippen molar-refractivity contribution in [2.45, 2.75) is 26.2 Å². The number of hydrogen-bond acceptors (Lipinski definition) is 2. The largest absolute Gasteiger partial charge is 0.338 e. The van der Waals surface area contributed by atoms with Gasteiger partial charge in [0.2, 0.25) is 6.29 Å². The van der Waals surface area contributed by atoms with Crippen LogP contribution in [0.5, 0.6) is 0 Å². The van der Waals surface area contributed by atoms with Gasteiger partial charge in [-0.05, 0) is 6.42 Å². The first-order valence-electron chi connectivity index (χ1n) is 4.18. The Bertz CT molecular complexity index is 137. The molecule has 0 aromatic heterocycles. The molecule has 0 aliphatic carbocycles. The van der Waals surface area contributed by atoms with Crippen LogP contribution in [0.1, 0.15) is 26.2 Å². The van der Waals surface area contributed by atoms with E-state index in [1.165, 1.54) is 0 Å². The summed E-state index contributed by atoms with van der Waals surface area (Å²) in [5, 5.41) is 4.96. The summed E-state index contributed by atoms with van der Waals surface area (Å²) >= 11 is 0. The molecular weight excluding hydrogens is 156 g/mol. The van der Waals surface area contributed by atoms with E-state index >= 15 is 0 Å². The summed E-state index contributed by atoms with van der Waals surface area (Å²) in [6, 6.07) is -0.297. The number of carbonyl (C=O) groups excluding carboxylic acids is 2. The molecule has 0 aromatic rings. The lowest BCUT2D eigenvalue weighted by Gasteiger charge is -2.03. The van der Waals surface area contributed by atoms with Gasteiger partial charge >= 0.3 is 6.03 Å². The smallest absolute Gasteiger partial charge is 0.315 e. The van der Waals surface area contributed by atoms with Gasteiger partial charge in [0, 0.05) is 6.54 Å². The number of urea groups is 1. The van der Waals surface area contributed by atoms with Gasteiger partial charge in [0.05, 0.1) is 6.54 Å². The molecule has 0 atom stereocenters. The third kappa shape index (κ3) is 7.05. The molecule has 0 saturated carbocycles. The van der Waals surface area contributed by atoms with E-state index in [-0.39, 0.29) is 12.6 Å². The highest BCUT2D eigenvalue weighted by atomic mass is 16.2. The summed E-state index contributed by atoms with van der Waals surface area (Å²) in [7, 11) is 0. The Hall–Kier alpha value is -1.06. The zero-order chi connectivity index (χ0) is 9.23. The van der Waals surface area contributed by atoms with Crippen LogP contribution < -0.4 is 10.6 Å². The summed E-state index contributed by atoms with van der Waals surface area (Å²) < 4.78 is 0. The van der Waals surface area contributed by atoms with Gasteiger partial charge < -0.3 is 10.6 Å². The molecule has 0 aromatic carbocycles. The number of unbranched alkanes of at least 4 members (excludes halogenated alkanes) is 2. The van der Waals surface area contributed by atoms with Crippen LogP contribution in [0.15, 0.2) is 0 Å². The quantitative estimate of drug-likeness (QED) is 0.574. The number of carbonyl (C=O) groups is 1. The molecule has 69 valence electrons. The van der Waals surface area contributed by atoms with Crippen molar-refractivity contribution in [3.05, 3.63) is 0 Å². The monoisotopic (exact) mass is 171 g/mol. The maximum absolute atomic E-state index is 10.8. The van der Waals surface area contributed by atoms with Crippen LogP contribution in [0.4, 0.5) is 4.79 Å². The summed E-state index contributed by atoms with van der Waals surface area (Å²) in [5.74, 6) is 0. The lowest BCUT2D eigenvalue weighted by atomic mass is 10.2. The molecule has 2 N–H and O–H groups in total. The zero-order valence-electron chi connectivity index (χ0n) is 7.35. The first kappa shape index (κ1) is 10.9. The molecule has 0 bridgehead atoms. The molecule has 0 aliphatic rings. The molecule has 4 nitrogen and oxygen atoms in total. The van der Waals surface area contributed by atoms with Crippen LogP contribution in [-0.2, 0) is 4.79 Å². The van der Waals surface area contributed by atoms with Crippen molar-refractivity contribution in [2.75, 3.05) is 13.1 Å². The van der Waals surface area contributed by atoms with Crippen molar-refractivity contribution in [3.63, 3.8) is 0 Å². The van der Waals surface area contributed by atoms with E-state index in [2.05, 4.69) is 17.6 Å². The van der Waals surface area contributed by atoms with E-state index in [9.17, 15) is 9.59 Å². The summed E-state index contributed by atoms with van der Waals surface area (Å²) in [4.78, 5) is 20.5. The Morgan fingerprint density at radius 2 is 2.08 bits per heavy atom. The van der Waals surface area contributed by atoms with Gasteiger partial charge in [-0.3, -0.25) is 4.79 Å². The predicted molar refractivity (Wildman–Crippen MR) is 46.6 cm³/mol. The van der Waals surface area contributed by atoms with Gasteiger partial charge in [0.25, 0.3) is 0 Å². The van der Waals surface area contributed by atoms with Gasteiger partial charge in [0.1, 0.15) is 0 Å². The zero-order valence-corrected chi connectivity index (χ0v) is 7.35. The Morgan fingerprint density at radius 3 is 2.67 bits per heavy atom. The fraction of sp³-hybridized carbons (Fsp3) is 0.750. The molecule has 0 spiro atoms. The third-order valence-electron chi connectivity index (χ3n) is 1.39. The highest BCUT2D eigenvalue weighted by molar-refractivity contribution is 5.76. The van der Waals surface area contributed by atoms with E-state index < -0.39 is 0 Å². The second-order valence-electron chi connectivity index (χ2n) is 2.46. The minimum atomic E-state index is -0.297. The van der Waals surface area contributed by atoms with E-state index in [0.29, 0.717) is 6.54 Å². The molecule has 0 fully saturated rings. The second kappa shape index (κ2) is 8.04. The van der Waals surface area contributed by atoms with E-state index in [1.807, 2.05) is 0 Å². The fourth-order valence-electron chi connectivity index (χ4n) is 0.756. The molecule has 0 rings (SSSR count). The van der Waals surface area contributed by atoms with E-state index in [1.54, 1.807) is 6.29 Å². The number of hydrogen-bond donors (Lipinski definition) is 2. The molecule has 0 heterocycles. The molecule has 0 saturated heterocycles. The summed E-state index contributed by atoms with van der Waals surface area (Å²) in [5.41, 5.74) is 0. The number of amides is 2. The van der Waals surface area contributed by atoms with Crippen molar-refractivity contribution in [3.8, 4) is 0 Å². The number of nitrogens with one attached hydrogen (secondary N) is 2. The molecule has 0 aliphatic heterocycles. The average Bonchev–Trinajstić information content (AvgIpc) is 2.09. The third-order valence-corrected chi connectivity index (χ3v) is 1.39. The molecule has 0 unspecified atom stereocenters. The lowest BCUT2D eigenvalue weighted by molar-refractivity contribution is 0.242. The van der Waals surface area contributed by atoms with Gasteiger partial charge in [0.15, 0.2) is 0 Å². The predicted octanol–water partition coefficient (Wildman–Crippen LogP) is 0.586. The molecular formula is C8H15N2O2. The first-order chi connectivity index (χ1) is 5.81. The maximum Gasteiger partial charge on any atom is 0.315 e. The fourth-order valence-corrected chi connectivity index (χ4v) is 0.756. The summed E-state index contributed by atoms with van der Waals surface area (Å²) in [6.07, 6.45) is 4.80. The van der Waals surface area contributed by atoms with E-state index in [4.69, 9.17) is 0 Å². The van der Waals surface area contributed by atoms with Crippen LogP contribution in [0.3, 0.4) is 0 Å². The standard InChI is InChI=1S/C8H15N2O2/c1-2-3-4-5-9-8(12)10-6-7-11/h2-6H2,1H3,(H2,9,10,12). The van der Waals surface area contributed by atoms with Crippen LogP contribution in [0, 0.1) is 0 Å². The van der Waals surface area contributed by atoms with Crippen LogP contribution in [-0.4, -0.2) is 25.4 Å². The Kier molecular flexibility index (Phi) is 7.33. The highest BCUT2D eigenvalue weighted by Gasteiger charge is 1.96. The second-order valence-corrected chi connectivity index (χ2v) is 2.46. The van der Waals surface area contributed by atoms with Gasteiger partial charge in [-0.15, -0.1) is 0 Å². The van der Waals surface area contributed by atoms with Crippen LogP contribution in [0.25, 0.3) is 0 Å². The number of rotatable bonds is 6. The van der Waals surface area contributed by atoms with E-state index in [0.717, 1.165) is 19.3 Å². The average molecular weight is 171 g/mol. The Labute approximate surface area is 72.7 Å². The lowest BCUT2D eigenvalue weighted by Crippen LogP contribution is -2.36. The Morgan fingerprint density at radius 1 is 1.33 bits per heavy atom.